The molecule has 1 saturated heterocycles. The van der Waals surface area contributed by atoms with Gasteiger partial charge in [0, 0.05) is 13.1 Å². The van der Waals surface area contributed by atoms with Gasteiger partial charge in [0.1, 0.15) is 11.4 Å². The van der Waals surface area contributed by atoms with Crippen LogP contribution in [0.1, 0.15) is 106 Å². The summed E-state index contributed by atoms with van der Waals surface area (Å²) in [5.74, 6) is 1.67. The number of amides is 1. The smallest absolute Gasteiger partial charge is 0.410 e. The molecule has 2 rings (SSSR count). The van der Waals surface area contributed by atoms with Crippen molar-refractivity contribution in [2.75, 3.05) is 13.1 Å². The molecule has 4 nitrogen and oxygen atoms in total. The molecule has 0 aromatic rings. The molecule has 0 aromatic carbocycles. The predicted molar refractivity (Wildman–Crippen MR) is 129 cm³/mol. The Morgan fingerprint density at radius 3 is 2.26 bits per heavy atom. The number of nitrogens with zero attached hydrogens (tertiary/aromatic N) is 1. The van der Waals surface area contributed by atoms with Crippen molar-refractivity contribution in [2.45, 2.75) is 118 Å². The van der Waals surface area contributed by atoms with E-state index in [4.69, 9.17) is 9.47 Å². The predicted octanol–water partition coefficient (Wildman–Crippen LogP) is 7.64. The number of carbonyl (C=O) groups excluding carboxylic acids is 1. The third kappa shape index (κ3) is 8.20. The maximum atomic E-state index is 12.4. The molecule has 1 atom stereocenters. The van der Waals surface area contributed by atoms with Gasteiger partial charge in [0.2, 0.25) is 0 Å². The molecular weight excluding hydrogens is 386 g/mol. The summed E-state index contributed by atoms with van der Waals surface area (Å²) in [6, 6.07) is 0. The standard InChI is InChI=1S/C27H47NO3/c1-8-10-11-24(20-22(4)21(3)9-2)30-23-12-14-27(15-13-23)16-18-28(19-17-27)25(29)31-26(5,6)7/h11,20-21,23H,8-10,12-19H2,1-7H3/b22-20-,24-11?. The second-order valence-electron chi connectivity index (χ2n) is 10.9. The fourth-order valence-electron chi connectivity index (χ4n) is 4.62. The molecule has 1 spiro atoms. The lowest BCUT2D eigenvalue weighted by Crippen LogP contribution is -2.46. The number of likely N-dealkylation sites (tertiary alicyclic amines) is 1. The Kier molecular flexibility index (Phi) is 9.51. The molecule has 4 heteroatoms. The molecule has 0 bridgehead atoms. The molecule has 1 heterocycles. The summed E-state index contributed by atoms with van der Waals surface area (Å²) in [5.41, 5.74) is 1.37. The summed E-state index contributed by atoms with van der Waals surface area (Å²) in [5, 5.41) is 0. The average Bonchev–Trinajstić information content (AvgIpc) is 2.72. The summed E-state index contributed by atoms with van der Waals surface area (Å²) in [4.78, 5) is 14.3. The summed E-state index contributed by atoms with van der Waals surface area (Å²) in [6.45, 7) is 16.4. The fraction of sp³-hybridized carbons (Fsp3) is 0.815. The molecule has 1 amide bonds. The Labute approximate surface area is 191 Å². The number of ether oxygens (including phenoxy) is 2. The second kappa shape index (κ2) is 11.4. The molecular formula is C27H47NO3. The van der Waals surface area contributed by atoms with Gasteiger partial charge in [-0.25, -0.2) is 4.79 Å². The van der Waals surface area contributed by atoms with Crippen LogP contribution >= 0.6 is 0 Å². The van der Waals surface area contributed by atoms with E-state index in [9.17, 15) is 4.79 Å². The minimum Gasteiger partial charge on any atom is -0.491 e. The van der Waals surface area contributed by atoms with Crippen LogP contribution in [0, 0.1) is 11.3 Å². The molecule has 0 N–H and O–H groups in total. The number of unbranched alkanes of at least 4 members (excludes halogenated alkanes) is 1. The van der Waals surface area contributed by atoms with E-state index >= 15 is 0 Å². The lowest BCUT2D eigenvalue weighted by Gasteiger charge is -2.45. The first-order valence-corrected chi connectivity index (χ1v) is 12.6. The first-order valence-electron chi connectivity index (χ1n) is 12.6. The van der Waals surface area contributed by atoms with Crippen molar-refractivity contribution in [3.05, 3.63) is 23.5 Å². The van der Waals surface area contributed by atoms with E-state index in [2.05, 4.69) is 39.8 Å². The molecule has 2 aliphatic rings. The number of piperidine rings is 1. The lowest BCUT2D eigenvalue weighted by atomic mass is 9.67. The molecule has 1 aliphatic carbocycles. The van der Waals surface area contributed by atoms with Crippen LogP contribution in [0.25, 0.3) is 0 Å². The Balaban J connectivity index is 1.88. The zero-order valence-electron chi connectivity index (χ0n) is 21.3. The van der Waals surface area contributed by atoms with Gasteiger partial charge in [-0.05, 0) is 103 Å². The van der Waals surface area contributed by atoms with Crippen LogP contribution in [-0.2, 0) is 9.47 Å². The summed E-state index contributed by atoms with van der Waals surface area (Å²) < 4.78 is 12.1. The van der Waals surface area contributed by atoms with Gasteiger partial charge in [-0.15, -0.1) is 0 Å². The topological polar surface area (TPSA) is 38.8 Å². The summed E-state index contributed by atoms with van der Waals surface area (Å²) in [7, 11) is 0. The monoisotopic (exact) mass is 433 g/mol. The Morgan fingerprint density at radius 1 is 1.13 bits per heavy atom. The zero-order valence-corrected chi connectivity index (χ0v) is 21.3. The second-order valence-corrected chi connectivity index (χ2v) is 10.9. The third-order valence-electron chi connectivity index (χ3n) is 7.17. The van der Waals surface area contributed by atoms with Crippen LogP contribution < -0.4 is 0 Å². The van der Waals surface area contributed by atoms with E-state index in [1.54, 1.807) is 0 Å². The van der Waals surface area contributed by atoms with Gasteiger partial charge in [0.25, 0.3) is 0 Å². The van der Waals surface area contributed by atoms with Crippen LogP contribution in [0.15, 0.2) is 23.5 Å². The van der Waals surface area contributed by atoms with Crippen molar-refractivity contribution in [2.24, 2.45) is 11.3 Å². The molecule has 178 valence electrons. The van der Waals surface area contributed by atoms with Crippen molar-refractivity contribution < 1.29 is 14.3 Å². The molecule has 0 radical (unpaired) electrons. The molecule has 1 aliphatic heterocycles. The number of rotatable bonds is 7. The van der Waals surface area contributed by atoms with Gasteiger partial charge in [-0.1, -0.05) is 32.8 Å². The highest BCUT2D eigenvalue weighted by Gasteiger charge is 2.40. The van der Waals surface area contributed by atoms with Crippen LogP contribution in [0.5, 0.6) is 0 Å². The minimum atomic E-state index is -0.424. The first kappa shape index (κ1) is 25.8. The van der Waals surface area contributed by atoms with E-state index in [0.717, 1.165) is 63.8 Å². The summed E-state index contributed by atoms with van der Waals surface area (Å²) in [6.07, 6.45) is 14.9. The fourth-order valence-corrected chi connectivity index (χ4v) is 4.62. The Hall–Kier alpha value is -1.45. The Bertz CT molecular complexity index is 625. The van der Waals surface area contributed by atoms with Gasteiger partial charge in [0.15, 0.2) is 0 Å². The molecule has 1 saturated carbocycles. The van der Waals surface area contributed by atoms with Crippen LogP contribution in [0.3, 0.4) is 0 Å². The van der Waals surface area contributed by atoms with E-state index in [1.807, 2.05) is 25.7 Å². The molecule has 31 heavy (non-hydrogen) atoms. The maximum absolute atomic E-state index is 12.4. The zero-order chi connectivity index (χ0) is 23.1. The number of hydrogen-bond donors (Lipinski definition) is 0. The van der Waals surface area contributed by atoms with E-state index < -0.39 is 5.60 Å². The molecule has 1 unspecified atom stereocenters. The normalized spacial score (nSPS) is 21.8. The van der Waals surface area contributed by atoms with Crippen molar-refractivity contribution in [3.63, 3.8) is 0 Å². The number of hydrogen-bond acceptors (Lipinski definition) is 3. The quantitative estimate of drug-likeness (QED) is 0.306. The average molecular weight is 434 g/mol. The van der Waals surface area contributed by atoms with Crippen molar-refractivity contribution in [1.29, 1.82) is 0 Å². The van der Waals surface area contributed by atoms with E-state index in [-0.39, 0.29) is 6.09 Å². The summed E-state index contributed by atoms with van der Waals surface area (Å²) >= 11 is 0. The van der Waals surface area contributed by atoms with E-state index in [1.165, 1.54) is 18.4 Å². The van der Waals surface area contributed by atoms with Gasteiger partial charge >= 0.3 is 6.09 Å². The highest BCUT2D eigenvalue weighted by Crippen LogP contribution is 2.45. The lowest BCUT2D eigenvalue weighted by molar-refractivity contribution is -0.0125. The highest BCUT2D eigenvalue weighted by atomic mass is 16.6. The van der Waals surface area contributed by atoms with Gasteiger partial charge in [-0.2, -0.15) is 0 Å². The highest BCUT2D eigenvalue weighted by molar-refractivity contribution is 5.68. The Morgan fingerprint density at radius 2 is 1.74 bits per heavy atom. The molecule has 0 aromatic heterocycles. The van der Waals surface area contributed by atoms with Crippen molar-refractivity contribution in [3.8, 4) is 0 Å². The largest absolute Gasteiger partial charge is 0.491 e. The molecule has 2 fully saturated rings. The van der Waals surface area contributed by atoms with Crippen molar-refractivity contribution >= 4 is 6.09 Å². The third-order valence-corrected chi connectivity index (χ3v) is 7.17. The van der Waals surface area contributed by atoms with Crippen LogP contribution in [0.2, 0.25) is 0 Å². The van der Waals surface area contributed by atoms with Crippen molar-refractivity contribution in [1.82, 2.24) is 4.90 Å². The maximum Gasteiger partial charge on any atom is 0.410 e. The van der Waals surface area contributed by atoms with Gasteiger partial charge < -0.3 is 14.4 Å². The number of allylic oxidation sites excluding steroid dienone is 3. The minimum absolute atomic E-state index is 0.159. The van der Waals surface area contributed by atoms with Gasteiger partial charge in [-0.3, -0.25) is 0 Å². The SMILES string of the molecule is CCCC=C(/C=C(/C)C(C)CC)OC1CCC2(CC1)CCN(C(=O)OC(C)(C)C)CC2. The van der Waals surface area contributed by atoms with E-state index in [0.29, 0.717) is 17.4 Å². The number of carbonyl (C=O) groups is 1. The van der Waals surface area contributed by atoms with Gasteiger partial charge in [0.05, 0.1) is 6.10 Å². The van der Waals surface area contributed by atoms with Crippen LogP contribution in [0.4, 0.5) is 4.79 Å². The first-order chi connectivity index (χ1) is 14.6. The van der Waals surface area contributed by atoms with Crippen LogP contribution in [-0.4, -0.2) is 35.8 Å².